The van der Waals surface area contributed by atoms with E-state index in [4.69, 9.17) is 4.74 Å². The lowest BCUT2D eigenvalue weighted by Gasteiger charge is -2.15. The number of hydrogen-bond acceptors (Lipinski definition) is 5. The van der Waals surface area contributed by atoms with E-state index < -0.39 is 23.4 Å². The van der Waals surface area contributed by atoms with Gasteiger partial charge in [0.25, 0.3) is 11.5 Å². The minimum absolute atomic E-state index is 0.0137. The fourth-order valence-electron chi connectivity index (χ4n) is 2.84. The van der Waals surface area contributed by atoms with Crippen molar-refractivity contribution in [2.75, 3.05) is 13.2 Å². The van der Waals surface area contributed by atoms with Crippen molar-refractivity contribution in [3.05, 3.63) is 57.0 Å². The molecule has 2 N–H and O–H groups in total. The van der Waals surface area contributed by atoms with Crippen LogP contribution in [-0.4, -0.2) is 39.9 Å². The van der Waals surface area contributed by atoms with E-state index in [1.807, 2.05) is 6.92 Å². The molecule has 8 nitrogen and oxygen atoms in total. The van der Waals surface area contributed by atoms with Crippen LogP contribution in [0.3, 0.4) is 0 Å². The number of benzene rings is 1. The van der Waals surface area contributed by atoms with Gasteiger partial charge in [-0.1, -0.05) is 12.1 Å². The first-order chi connectivity index (χ1) is 13.2. The Bertz CT molecular complexity index is 919. The number of carbonyl (C=O) groups excluding carboxylic acids is 1. The molecule has 1 aromatic carbocycles. The summed E-state index contributed by atoms with van der Waals surface area (Å²) in [5, 5.41) is 16.1. The summed E-state index contributed by atoms with van der Waals surface area (Å²) in [6.07, 6.45) is 0.244. The third kappa shape index (κ3) is 4.97. The summed E-state index contributed by atoms with van der Waals surface area (Å²) in [7, 11) is 1.47. The van der Waals surface area contributed by atoms with Crippen LogP contribution in [0.25, 0.3) is 0 Å². The number of rotatable bonds is 8. The highest BCUT2D eigenvalue weighted by atomic mass is 16.5. The van der Waals surface area contributed by atoms with Gasteiger partial charge in [0.05, 0.1) is 18.2 Å². The van der Waals surface area contributed by atoms with Crippen LogP contribution in [0.1, 0.15) is 34.1 Å². The van der Waals surface area contributed by atoms with Crippen molar-refractivity contribution in [1.29, 1.82) is 0 Å². The molecule has 28 heavy (non-hydrogen) atoms. The molecular formula is C20H25N3O5. The van der Waals surface area contributed by atoms with Crippen LogP contribution in [0, 0.1) is 19.8 Å². The lowest BCUT2D eigenvalue weighted by atomic mass is 9.99. The summed E-state index contributed by atoms with van der Waals surface area (Å²) in [6.45, 7) is 5.70. The average molecular weight is 387 g/mol. The van der Waals surface area contributed by atoms with Crippen molar-refractivity contribution >= 4 is 11.9 Å². The number of nitrogens with one attached hydrogen (secondary N) is 1. The van der Waals surface area contributed by atoms with Crippen LogP contribution in [0.4, 0.5) is 0 Å². The second-order valence-electron chi connectivity index (χ2n) is 6.54. The summed E-state index contributed by atoms with van der Waals surface area (Å²) in [4.78, 5) is 36.4. The van der Waals surface area contributed by atoms with Gasteiger partial charge in [0.2, 0.25) is 0 Å². The molecule has 0 bridgehead atoms. The van der Waals surface area contributed by atoms with Crippen LogP contribution >= 0.6 is 0 Å². The number of carboxylic acids is 1. The molecule has 0 radical (unpaired) electrons. The van der Waals surface area contributed by atoms with Gasteiger partial charge < -0.3 is 15.2 Å². The van der Waals surface area contributed by atoms with Gasteiger partial charge in [-0.25, -0.2) is 4.68 Å². The van der Waals surface area contributed by atoms with E-state index in [-0.39, 0.29) is 18.5 Å². The predicted molar refractivity (Wildman–Crippen MR) is 104 cm³/mol. The zero-order valence-electron chi connectivity index (χ0n) is 16.5. The van der Waals surface area contributed by atoms with Gasteiger partial charge in [-0.3, -0.25) is 14.4 Å². The molecule has 2 aromatic rings. The molecule has 1 unspecified atom stereocenters. The van der Waals surface area contributed by atoms with Crippen LogP contribution in [0.5, 0.6) is 5.75 Å². The first-order valence-corrected chi connectivity index (χ1v) is 9.01. The Morgan fingerprint density at radius 2 is 1.89 bits per heavy atom. The Labute approximate surface area is 163 Å². The normalized spacial score (nSPS) is 11.7. The van der Waals surface area contributed by atoms with E-state index in [0.717, 1.165) is 10.2 Å². The Morgan fingerprint density at radius 3 is 2.46 bits per heavy atom. The van der Waals surface area contributed by atoms with Crippen molar-refractivity contribution in [2.24, 2.45) is 13.0 Å². The van der Waals surface area contributed by atoms with Gasteiger partial charge in [0.1, 0.15) is 11.3 Å². The van der Waals surface area contributed by atoms with E-state index >= 15 is 0 Å². The molecule has 0 aliphatic rings. The van der Waals surface area contributed by atoms with Gasteiger partial charge in [-0.05, 0) is 50.5 Å². The van der Waals surface area contributed by atoms with E-state index in [2.05, 4.69) is 10.4 Å². The fraction of sp³-hybridized carbons (Fsp3) is 0.400. The number of nitrogens with zero attached hydrogens (tertiary/aromatic N) is 2. The van der Waals surface area contributed by atoms with Crippen molar-refractivity contribution in [2.45, 2.75) is 27.2 Å². The largest absolute Gasteiger partial charge is 0.494 e. The minimum Gasteiger partial charge on any atom is -0.494 e. The number of ether oxygens (including phenoxy) is 1. The summed E-state index contributed by atoms with van der Waals surface area (Å²) < 4.78 is 6.48. The SMILES string of the molecule is CCOc1ccc(CC(CNC(=O)c2c(C)c(C)nn(C)c2=O)C(=O)O)cc1. The first kappa shape index (κ1) is 21.1. The summed E-state index contributed by atoms with van der Waals surface area (Å²) in [6, 6.07) is 7.16. The number of aromatic nitrogens is 2. The molecule has 0 saturated heterocycles. The monoisotopic (exact) mass is 387 g/mol. The maximum atomic E-state index is 12.5. The standard InChI is InChI=1S/C20H25N3O5/c1-5-28-16-8-6-14(7-9-16)10-15(20(26)27)11-21-18(24)17-12(2)13(3)22-23(4)19(17)25/h6-9,15H,5,10-11H2,1-4H3,(H,21,24)(H,26,27). The Kier molecular flexibility index (Phi) is 6.92. The van der Waals surface area contributed by atoms with Crippen molar-refractivity contribution < 1.29 is 19.4 Å². The van der Waals surface area contributed by atoms with Crippen LogP contribution in [-0.2, 0) is 18.3 Å². The lowest BCUT2D eigenvalue weighted by molar-refractivity contribution is -0.141. The van der Waals surface area contributed by atoms with Crippen LogP contribution < -0.4 is 15.6 Å². The maximum absolute atomic E-state index is 12.5. The van der Waals surface area contributed by atoms with Crippen molar-refractivity contribution in [1.82, 2.24) is 15.1 Å². The molecular weight excluding hydrogens is 362 g/mol. The van der Waals surface area contributed by atoms with Gasteiger partial charge in [0, 0.05) is 13.6 Å². The quantitative estimate of drug-likeness (QED) is 0.710. The summed E-state index contributed by atoms with van der Waals surface area (Å²) in [5.74, 6) is -1.73. The Balaban J connectivity index is 2.11. The lowest BCUT2D eigenvalue weighted by Crippen LogP contribution is -2.39. The number of aryl methyl sites for hydroxylation is 2. The fourth-order valence-corrected chi connectivity index (χ4v) is 2.84. The van der Waals surface area contributed by atoms with Crippen LogP contribution in [0.15, 0.2) is 29.1 Å². The van der Waals surface area contributed by atoms with Crippen molar-refractivity contribution in [3.8, 4) is 5.75 Å². The topological polar surface area (TPSA) is 111 Å². The molecule has 8 heteroatoms. The average Bonchev–Trinajstić information content (AvgIpc) is 2.65. The molecule has 0 fully saturated rings. The molecule has 1 amide bonds. The molecule has 150 valence electrons. The second kappa shape index (κ2) is 9.16. The number of carbonyl (C=O) groups is 2. The number of carboxylic acid groups (broad SMARTS) is 1. The van der Waals surface area contributed by atoms with Gasteiger partial charge in [0.15, 0.2) is 0 Å². The number of hydrogen-bond donors (Lipinski definition) is 2. The van der Waals surface area contributed by atoms with Crippen molar-refractivity contribution in [3.63, 3.8) is 0 Å². The van der Waals surface area contributed by atoms with E-state index in [0.29, 0.717) is 23.6 Å². The summed E-state index contributed by atoms with van der Waals surface area (Å²) in [5.41, 5.74) is 1.34. The number of amides is 1. The van der Waals surface area contributed by atoms with E-state index in [1.54, 1.807) is 38.1 Å². The maximum Gasteiger partial charge on any atom is 0.308 e. The van der Waals surface area contributed by atoms with Gasteiger partial charge in [-0.2, -0.15) is 5.10 Å². The number of aliphatic carboxylic acids is 1. The van der Waals surface area contributed by atoms with E-state index in [1.165, 1.54) is 7.05 Å². The first-order valence-electron chi connectivity index (χ1n) is 9.01. The molecule has 0 aliphatic heterocycles. The highest BCUT2D eigenvalue weighted by Gasteiger charge is 2.22. The minimum atomic E-state index is -1.02. The molecule has 2 rings (SSSR count). The third-order valence-electron chi connectivity index (χ3n) is 4.53. The highest BCUT2D eigenvalue weighted by Crippen LogP contribution is 2.15. The van der Waals surface area contributed by atoms with Gasteiger partial charge in [-0.15, -0.1) is 0 Å². The smallest absolute Gasteiger partial charge is 0.308 e. The zero-order chi connectivity index (χ0) is 20.8. The second-order valence-corrected chi connectivity index (χ2v) is 6.54. The highest BCUT2D eigenvalue weighted by molar-refractivity contribution is 5.95. The molecule has 0 spiro atoms. The molecule has 1 heterocycles. The van der Waals surface area contributed by atoms with Gasteiger partial charge >= 0.3 is 5.97 Å². The third-order valence-corrected chi connectivity index (χ3v) is 4.53. The Morgan fingerprint density at radius 1 is 1.25 bits per heavy atom. The zero-order valence-corrected chi connectivity index (χ0v) is 16.5. The molecule has 0 saturated carbocycles. The van der Waals surface area contributed by atoms with E-state index in [9.17, 15) is 19.5 Å². The Hall–Kier alpha value is -3.16. The molecule has 1 atom stereocenters. The predicted octanol–water partition coefficient (Wildman–Crippen LogP) is 1.47. The summed E-state index contributed by atoms with van der Waals surface area (Å²) >= 11 is 0. The molecule has 1 aromatic heterocycles. The molecule has 0 aliphatic carbocycles. The van der Waals surface area contributed by atoms with Crippen LogP contribution in [0.2, 0.25) is 0 Å².